The summed E-state index contributed by atoms with van der Waals surface area (Å²) in [4.78, 5) is 12.3. The van der Waals surface area contributed by atoms with Crippen LogP contribution in [0.15, 0.2) is 48.5 Å². The lowest BCUT2D eigenvalue weighted by molar-refractivity contribution is 0.0434. The van der Waals surface area contributed by atoms with E-state index in [0.29, 0.717) is 18.6 Å². The van der Waals surface area contributed by atoms with Gasteiger partial charge in [0.2, 0.25) is 0 Å². The van der Waals surface area contributed by atoms with E-state index in [9.17, 15) is 15.0 Å². The SMILES string of the molecule is Cc1ccc(C(=O)N[C@@H]2CC[C@@H](Oc3ccccc3)[C@@H]2O)c(O)c1. The Morgan fingerprint density at radius 2 is 1.92 bits per heavy atom. The molecule has 0 unspecified atom stereocenters. The highest BCUT2D eigenvalue weighted by Gasteiger charge is 2.37. The van der Waals surface area contributed by atoms with Gasteiger partial charge in [0, 0.05) is 0 Å². The Balaban J connectivity index is 1.63. The third-order valence-electron chi connectivity index (χ3n) is 4.30. The highest BCUT2D eigenvalue weighted by molar-refractivity contribution is 5.97. The number of phenolic OH excluding ortho intramolecular Hbond substituents is 1. The topological polar surface area (TPSA) is 78.8 Å². The summed E-state index contributed by atoms with van der Waals surface area (Å²) < 4.78 is 5.79. The molecule has 2 aromatic carbocycles. The van der Waals surface area contributed by atoms with Crippen LogP contribution in [0.5, 0.6) is 11.5 Å². The second-order valence-corrected chi connectivity index (χ2v) is 6.14. The quantitative estimate of drug-likeness (QED) is 0.806. The number of rotatable bonds is 4. The number of aryl methyl sites for hydroxylation is 1. The maximum absolute atomic E-state index is 12.3. The molecule has 0 aromatic heterocycles. The first-order valence-corrected chi connectivity index (χ1v) is 8.05. The normalized spacial score (nSPS) is 23.0. The molecular formula is C19H21NO4. The number of carbonyl (C=O) groups is 1. The molecule has 1 aliphatic rings. The number of amides is 1. The summed E-state index contributed by atoms with van der Waals surface area (Å²) in [6, 6.07) is 13.8. The Kier molecular flexibility index (Phi) is 4.71. The van der Waals surface area contributed by atoms with E-state index in [1.807, 2.05) is 37.3 Å². The fraction of sp³-hybridized carbons (Fsp3) is 0.316. The van der Waals surface area contributed by atoms with Crippen LogP contribution >= 0.6 is 0 Å². The molecule has 3 N–H and O–H groups in total. The molecule has 126 valence electrons. The summed E-state index contributed by atoms with van der Waals surface area (Å²) in [6.07, 6.45) is 0.129. The molecular weight excluding hydrogens is 306 g/mol. The lowest BCUT2D eigenvalue weighted by atomic mass is 10.1. The maximum Gasteiger partial charge on any atom is 0.255 e. The molecule has 5 heteroatoms. The van der Waals surface area contributed by atoms with Crippen molar-refractivity contribution in [2.24, 2.45) is 0 Å². The molecule has 0 aliphatic heterocycles. The number of aromatic hydroxyl groups is 1. The second kappa shape index (κ2) is 6.93. The zero-order valence-electron chi connectivity index (χ0n) is 13.5. The zero-order valence-corrected chi connectivity index (χ0v) is 13.5. The van der Waals surface area contributed by atoms with Crippen molar-refractivity contribution in [3.8, 4) is 11.5 Å². The Labute approximate surface area is 140 Å². The largest absolute Gasteiger partial charge is 0.507 e. The van der Waals surface area contributed by atoms with E-state index in [0.717, 1.165) is 5.56 Å². The molecule has 1 fully saturated rings. The van der Waals surface area contributed by atoms with Gasteiger partial charge >= 0.3 is 0 Å². The third-order valence-corrected chi connectivity index (χ3v) is 4.30. The first-order chi connectivity index (χ1) is 11.5. The number of aliphatic hydroxyl groups is 1. The number of ether oxygens (including phenoxy) is 1. The van der Waals surface area contributed by atoms with Gasteiger partial charge in [-0.05, 0) is 49.6 Å². The molecule has 1 saturated carbocycles. The minimum Gasteiger partial charge on any atom is -0.507 e. The Hall–Kier alpha value is -2.53. The second-order valence-electron chi connectivity index (χ2n) is 6.14. The van der Waals surface area contributed by atoms with Crippen molar-refractivity contribution in [1.29, 1.82) is 0 Å². The van der Waals surface area contributed by atoms with E-state index in [2.05, 4.69) is 5.32 Å². The number of phenols is 1. The van der Waals surface area contributed by atoms with E-state index >= 15 is 0 Å². The Bertz CT molecular complexity index is 717. The van der Waals surface area contributed by atoms with Gasteiger partial charge in [-0.3, -0.25) is 4.79 Å². The van der Waals surface area contributed by atoms with Gasteiger partial charge in [-0.2, -0.15) is 0 Å². The molecule has 5 nitrogen and oxygen atoms in total. The highest BCUT2D eigenvalue weighted by Crippen LogP contribution is 2.26. The summed E-state index contributed by atoms with van der Waals surface area (Å²) in [6.45, 7) is 1.84. The van der Waals surface area contributed by atoms with Crippen molar-refractivity contribution >= 4 is 5.91 Å². The average Bonchev–Trinajstić information content (AvgIpc) is 2.89. The smallest absolute Gasteiger partial charge is 0.255 e. The molecule has 0 bridgehead atoms. The minimum absolute atomic E-state index is 0.0583. The number of aliphatic hydroxyl groups excluding tert-OH is 1. The van der Waals surface area contributed by atoms with Crippen LogP contribution in [0.3, 0.4) is 0 Å². The number of benzene rings is 2. The van der Waals surface area contributed by atoms with Crippen LogP contribution in [-0.4, -0.2) is 34.4 Å². The van der Waals surface area contributed by atoms with Crippen molar-refractivity contribution < 1.29 is 19.7 Å². The molecule has 3 atom stereocenters. The standard InChI is InChI=1S/C19H21NO4/c1-12-7-8-14(16(21)11-12)19(23)20-15-9-10-17(18(15)22)24-13-5-3-2-4-6-13/h2-8,11,15,17-18,21-22H,9-10H2,1H3,(H,20,23)/t15-,17-,18-/m1/s1. The number of nitrogens with one attached hydrogen (secondary N) is 1. The van der Waals surface area contributed by atoms with E-state index < -0.39 is 18.1 Å². The summed E-state index contributed by atoms with van der Waals surface area (Å²) in [7, 11) is 0. The van der Waals surface area contributed by atoms with Gasteiger partial charge in [0.25, 0.3) is 5.91 Å². The van der Waals surface area contributed by atoms with Crippen molar-refractivity contribution in [2.75, 3.05) is 0 Å². The molecule has 1 aliphatic carbocycles. The molecule has 2 aromatic rings. The minimum atomic E-state index is -0.790. The number of carbonyl (C=O) groups excluding carboxylic acids is 1. The molecule has 1 amide bonds. The van der Waals surface area contributed by atoms with Crippen LogP contribution < -0.4 is 10.1 Å². The molecule has 0 heterocycles. The summed E-state index contributed by atoms with van der Waals surface area (Å²) in [5.74, 6) is 0.249. The third kappa shape index (κ3) is 3.51. The van der Waals surface area contributed by atoms with Gasteiger partial charge < -0.3 is 20.3 Å². The van der Waals surface area contributed by atoms with Gasteiger partial charge in [-0.1, -0.05) is 24.3 Å². The number of para-hydroxylation sites is 1. The van der Waals surface area contributed by atoms with Gasteiger partial charge in [-0.25, -0.2) is 0 Å². The maximum atomic E-state index is 12.3. The van der Waals surface area contributed by atoms with E-state index in [-0.39, 0.29) is 17.4 Å². The predicted molar refractivity (Wildman–Crippen MR) is 90.2 cm³/mol. The van der Waals surface area contributed by atoms with Crippen molar-refractivity contribution in [3.05, 3.63) is 59.7 Å². The van der Waals surface area contributed by atoms with Crippen LogP contribution in [0.2, 0.25) is 0 Å². The Morgan fingerprint density at radius 3 is 2.62 bits per heavy atom. The van der Waals surface area contributed by atoms with Crippen molar-refractivity contribution in [3.63, 3.8) is 0 Å². The van der Waals surface area contributed by atoms with Gasteiger partial charge in [-0.15, -0.1) is 0 Å². The van der Waals surface area contributed by atoms with Gasteiger partial charge in [0.15, 0.2) is 0 Å². The van der Waals surface area contributed by atoms with Gasteiger partial charge in [0.05, 0.1) is 11.6 Å². The fourth-order valence-corrected chi connectivity index (χ4v) is 2.98. The number of hydrogen-bond donors (Lipinski definition) is 3. The lowest BCUT2D eigenvalue weighted by Crippen LogP contribution is -2.44. The summed E-state index contributed by atoms with van der Waals surface area (Å²) >= 11 is 0. The number of hydrogen-bond acceptors (Lipinski definition) is 4. The molecule has 0 spiro atoms. The molecule has 3 rings (SSSR count). The molecule has 24 heavy (non-hydrogen) atoms. The lowest BCUT2D eigenvalue weighted by Gasteiger charge is -2.22. The monoisotopic (exact) mass is 327 g/mol. The Morgan fingerprint density at radius 1 is 1.17 bits per heavy atom. The first-order valence-electron chi connectivity index (χ1n) is 8.05. The van der Waals surface area contributed by atoms with Crippen LogP contribution in [0.25, 0.3) is 0 Å². The van der Waals surface area contributed by atoms with Crippen LogP contribution in [0.1, 0.15) is 28.8 Å². The first kappa shape index (κ1) is 16.3. The molecule has 0 saturated heterocycles. The van der Waals surface area contributed by atoms with E-state index in [1.165, 1.54) is 0 Å². The highest BCUT2D eigenvalue weighted by atomic mass is 16.5. The summed E-state index contributed by atoms with van der Waals surface area (Å²) in [5.41, 5.74) is 1.08. The van der Waals surface area contributed by atoms with Crippen LogP contribution in [0.4, 0.5) is 0 Å². The predicted octanol–water partition coefficient (Wildman–Crippen LogP) is 2.40. The van der Waals surface area contributed by atoms with Crippen molar-refractivity contribution in [2.45, 2.75) is 38.0 Å². The molecule has 0 radical (unpaired) electrons. The van der Waals surface area contributed by atoms with Crippen LogP contribution in [-0.2, 0) is 0 Å². The average molecular weight is 327 g/mol. The fourth-order valence-electron chi connectivity index (χ4n) is 2.98. The van der Waals surface area contributed by atoms with E-state index in [4.69, 9.17) is 4.74 Å². The summed E-state index contributed by atoms with van der Waals surface area (Å²) in [5, 5.41) is 23.1. The van der Waals surface area contributed by atoms with Crippen molar-refractivity contribution in [1.82, 2.24) is 5.32 Å². The van der Waals surface area contributed by atoms with Gasteiger partial charge in [0.1, 0.15) is 23.7 Å². The van der Waals surface area contributed by atoms with Crippen LogP contribution in [0, 0.1) is 6.92 Å². The van der Waals surface area contributed by atoms with E-state index in [1.54, 1.807) is 18.2 Å². The zero-order chi connectivity index (χ0) is 17.1.